The Kier molecular flexibility index (Phi) is 6.02. The second-order valence-electron chi connectivity index (χ2n) is 6.33. The van der Waals surface area contributed by atoms with E-state index in [1.807, 2.05) is 12.1 Å². The predicted molar refractivity (Wildman–Crippen MR) is 83.5 cm³/mol. The maximum atomic E-state index is 9.15. The van der Waals surface area contributed by atoms with E-state index in [0.29, 0.717) is 6.04 Å². The second kappa shape index (κ2) is 7.77. The maximum Gasteiger partial charge on any atom is 0.0681 e. The molecular formula is C17H28N2O. The Hall–Kier alpha value is -0.900. The summed E-state index contributed by atoms with van der Waals surface area (Å²) in [6, 6.07) is 8.83. The number of nitrogens with one attached hydrogen (secondary N) is 1. The summed E-state index contributed by atoms with van der Waals surface area (Å²) in [5.41, 5.74) is 2.26. The number of rotatable bonds is 6. The van der Waals surface area contributed by atoms with Crippen LogP contribution in [-0.4, -0.2) is 35.7 Å². The molecule has 3 nitrogen and oxygen atoms in total. The van der Waals surface area contributed by atoms with Crippen molar-refractivity contribution in [2.45, 2.75) is 45.9 Å². The third-order valence-electron chi connectivity index (χ3n) is 3.98. The van der Waals surface area contributed by atoms with Gasteiger partial charge < -0.3 is 15.3 Å². The third kappa shape index (κ3) is 4.89. The van der Waals surface area contributed by atoms with Gasteiger partial charge in [-0.1, -0.05) is 38.1 Å². The van der Waals surface area contributed by atoms with Gasteiger partial charge in [-0.05, 0) is 43.0 Å². The van der Waals surface area contributed by atoms with Gasteiger partial charge in [0.15, 0.2) is 0 Å². The van der Waals surface area contributed by atoms with Crippen LogP contribution in [0.5, 0.6) is 0 Å². The zero-order chi connectivity index (χ0) is 14.4. The molecule has 1 aromatic carbocycles. The van der Waals surface area contributed by atoms with Gasteiger partial charge in [0.25, 0.3) is 0 Å². The lowest BCUT2D eigenvalue weighted by Crippen LogP contribution is -2.43. The molecule has 20 heavy (non-hydrogen) atoms. The topological polar surface area (TPSA) is 35.5 Å². The second-order valence-corrected chi connectivity index (χ2v) is 6.33. The lowest BCUT2D eigenvalue weighted by Gasteiger charge is -2.33. The van der Waals surface area contributed by atoms with Crippen molar-refractivity contribution >= 4 is 0 Å². The van der Waals surface area contributed by atoms with Gasteiger partial charge in [0.1, 0.15) is 0 Å². The first-order chi connectivity index (χ1) is 9.67. The molecule has 0 bridgehead atoms. The number of piperidine rings is 1. The fraction of sp³-hybridized carbons (Fsp3) is 0.647. The Morgan fingerprint density at radius 2 is 1.95 bits per heavy atom. The van der Waals surface area contributed by atoms with Gasteiger partial charge in [0, 0.05) is 19.1 Å². The van der Waals surface area contributed by atoms with Crippen molar-refractivity contribution in [2.24, 2.45) is 5.92 Å². The first-order valence-electron chi connectivity index (χ1n) is 7.82. The van der Waals surface area contributed by atoms with Crippen molar-refractivity contribution < 1.29 is 5.11 Å². The van der Waals surface area contributed by atoms with Crippen LogP contribution in [0.25, 0.3) is 0 Å². The standard InChI is InChI=1S/C17H28N2O/c1-14(2)12-19-8-6-17(7-9-19)18-11-15-4-3-5-16(10-15)13-20/h3-5,10,14,17-18,20H,6-9,11-13H2,1-2H3. The van der Waals surface area contributed by atoms with Crippen LogP contribution in [0.15, 0.2) is 24.3 Å². The van der Waals surface area contributed by atoms with E-state index in [9.17, 15) is 0 Å². The van der Waals surface area contributed by atoms with Gasteiger partial charge in [-0.15, -0.1) is 0 Å². The highest BCUT2D eigenvalue weighted by atomic mass is 16.3. The number of hydrogen-bond donors (Lipinski definition) is 2. The monoisotopic (exact) mass is 276 g/mol. The van der Waals surface area contributed by atoms with Crippen molar-refractivity contribution in [3.8, 4) is 0 Å². The number of aliphatic hydroxyl groups excluding tert-OH is 1. The Morgan fingerprint density at radius 3 is 2.60 bits per heavy atom. The Balaban J connectivity index is 1.73. The molecule has 1 aliphatic rings. The summed E-state index contributed by atoms with van der Waals surface area (Å²) in [6.07, 6.45) is 2.48. The van der Waals surface area contributed by atoms with E-state index in [0.717, 1.165) is 18.0 Å². The van der Waals surface area contributed by atoms with Gasteiger partial charge in [-0.25, -0.2) is 0 Å². The van der Waals surface area contributed by atoms with E-state index in [4.69, 9.17) is 5.11 Å². The summed E-state index contributed by atoms with van der Waals surface area (Å²) in [6.45, 7) is 9.27. The van der Waals surface area contributed by atoms with Crippen LogP contribution in [0.3, 0.4) is 0 Å². The average molecular weight is 276 g/mol. The van der Waals surface area contributed by atoms with Crippen molar-refractivity contribution in [1.82, 2.24) is 10.2 Å². The number of benzene rings is 1. The molecule has 0 unspecified atom stereocenters. The van der Waals surface area contributed by atoms with Crippen molar-refractivity contribution in [3.05, 3.63) is 35.4 Å². The average Bonchev–Trinajstić information content (AvgIpc) is 2.46. The normalized spacial score (nSPS) is 17.8. The van der Waals surface area contributed by atoms with E-state index in [2.05, 4.69) is 36.2 Å². The van der Waals surface area contributed by atoms with Gasteiger partial charge in [0.05, 0.1) is 6.61 Å². The van der Waals surface area contributed by atoms with Crippen LogP contribution in [0.1, 0.15) is 37.8 Å². The molecule has 0 spiro atoms. The fourth-order valence-electron chi connectivity index (χ4n) is 2.94. The molecule has 0 amide bonds. The summed E-state index contributed by atoms with van der Waals surface area (Å²) >= 11 is 0. The number of nitrogens with zero attached hydrogens (tertiary/aromatic N) is 1. The van der Waals surface area contributed by atoms with Crippen molar-refractivity contribution in [3.63, 3.8) is 0 Å². The Morgan fingerprint density at radius 1 is 1.25 bits per heavy atom. The third-order valence-corrected chi connectivity index (χ3v) is 3.98. The summed E-state index contributed by atoms with van der Waals surface area (Å²) in [7, 11) is 0. The summed E-state index contributed by atoms with van der Waals surface area (Å²) in [5, 5.41) is 12.8. The molecule has 1 aromatic rings. The van der Waals surface area contributed by atoms with E-state index < -0.39 is 0 Å². The molecule has 0 saturated carbocycles. The van der Waals surface area contributed by atoms with Crippen LogP contribution in [-0.2, 0) is 13.2 Å². The molecule has 112 valence electrons. The molecule has 0 atom stereocenters. The van der Waals surface area contributed by atoms with Crippen molar-refractivity contribution in [2.75, 3.05) is 19.6 Å². The molecule has 0 radical (unpaired) electrons. The molecular weight excluding hydrogens is 248 g/mol. The highest BCUT2D eigenvalue weighted by molar-refractivity contribution is 5.22. The minimum atomic E-state index is 0.126. The zero-order valence-electron chi connectivity index (χ0n) is 12.8. The molecule has 1 fully saturated rings. The first kappa shape index (κ1) is 15.5. The quantitative estimate of drug-likeness (QED) is 0.837. The maximum absolute atomic E-state index is 9.15. The van der Waals surface area contributed by atoms with Crippen LogP contribution in [0.4, 0.5) is 0 Å². The van der Waals surface area contributed by atoms with E-state index in [1.54, 1.807) is 0 Å². The van der Waals surface area contributed by atoms with Crippen LogP contribution in [0, 0.1) is 5.92 Å². The van der Waals surface area contributed by atoms with Gasteiger partial charge >= 0.3 is 0 Å². The van der Waals surface area contributed by atoms with Crippen LogP contribution >= 0.6 is 0 Å². The van der Waals surface area contributed by atoms with Crippen LogP contribution in [0.2, 0.25) is 0 Å². The minimum Gasteiger partial charge on any atom is -0.392 e. The molecule has 1 heterocycles. The van der Waals surface area contributed by atoms with Gasteiger partial charge in [-0.3, -0.25) is 0 Å². The molecule has 0 aromatic heterocycles. The molecule has 2 N–H and O–H groups in total. The zero-order valence-corrected chi connectivity index (χ0v) is 12.8. The Labute approximate surface area is 123 Å². The lowest BCUT2D eigenvalue weighted by molar-refractivity contribution is 0.179. The minimum absolute atomic E-state index is 0.126. The molecule has 1 aliphatic heterocycles. The van der Waals surface area contributed by atoms with Gasteiger partial charge in [0.2, 0.25) is 0 Å². The number of likely N-dealkylation sites (tertiary alicyclic amines) is 1. The first-order valence-corrected chi connectivity index (χ1v) is 7.82. The predicted octanol–water partition coefficient (Wildman–Crippen LogP) is 2.39. The van der Waals surface area contributed by atoms with E-state index in [-0.39, 0.29) is 6.61 Å². The van der Waals surface area contributed by atoms with Gasteiger partial charge in [-0.2, -0.15) is 0 Å². The smallest absolute Gasteiger partial charge is 0.0681 e. The Bertz CT molecular complexity index is 398. The summed E-state index contributed by atoms with van der Waals surface area (Å²) in [5.74, 6) is 0.765. The highest BCUT2D eigenvalue weighted by Crippen LogP contribution is 2.13. The van der Waals surface area contributed by atoms with Crippen molar-refractivity contribution in [1.29, 1.82) is 0 Å². The van der Waals surface area contributed by atoms with E-state index in [1.165, 1.54) is 38.0 Å². The summed E-state index contributed by atoms with van der Waals surface area (Å²) in [4.78, 5) is 2.58. The fourth-order valence-corrected chi connectivity index (χ4v) is 2.94. The molecule has 3 heteroatoms. The molecule has 1 saturated heterocycles. The van der Waals surface area contributed by atoms with E-state index >= 15 is 0 Å². The summed E-state index contributed by atoms with van der Waals surface area (Å²) < 4.78 is 0. The molecule has 2 rings (SSSR count). The van der Waals surface area contributed by atoms with Crippen LogP contribution < -0.4 is 5.32 Å². The number of hydrogen-bond acceptors (Lipinski definition) is 3. The highest BCUT2D eigenvalue weighted by Gasteiger charge is 2.18. The lowest BCUT2D eigenvalue weighted by atomic mass is 10.0. The number of aliphatic hydroxyl groups is 1. The SMILES string of the molecule is CC(C)CN1CCC(NCc2cccc(CO)c2)CC1. The molecule has 0 aliphatic carbocycles. The largest absolute Gasteiger partial charge is 0.392 e.